The first-order valence-electron chi connectivity index (χ1n) is 11.7. The molecule has 3 aromatic rings. The lowest BCUT2D eigenvalue weighted by Gasteiger charge is -2.30. The molecule has 0 amide bonds. The molecule has 1 atom stereocenters. The van der Waals surface area contributed by atoms with Gasteiger partial charge in [0.05, 0.1) is 20.3 Å². The number of benzene rings is 3. The molecule has 0 spiro atoms. The summed E-state index contributed by atoms with van der Waals surface area (Å²) in [4.78, 5) is 3.58. The maximum atomic E-state index is 10.6. The molecular weight excluding hydrogens is 440 g/mol. The topological polar surface area (TPSA) is 45.5 Å². The Morgan fingerprint density at radius 1 is 0.941 bits per heavy atom. The van der Waals surface area contributed by atoms with Gasteiger partial charge in [-0.2, -0.15) is 5.26 Å². The second kappa shape index (κ2) is 11.0. The SMILES string of the molecule is COc1ccc(CCN(C)CCC[C@@]2(C#N)c3ccccc3CSc3ccccc32)cc1OC. The number of ether oxygens (including phenoxy) is 2. The molecule has 0 unspecified atom stereocenters. The third kappa shape index (κ3) is 4.94. The van der Waals surface area contributed by atoms with Gasteiger partial charge in [-0.15, -0.1) is 11.8 Å². The molecule has 0 aromatic heterocycles. The highest BCUT2D eigenvalue weighted by molar-refractivity contribution is 7.98. The molecule has 0 saturated heterocycles. The number of nitrogens with zero attached hydrogens (tertiary/aromatic N) is 2. The van der Waals surface area contributed by atoms with Gasteiger partial charge in [-0.1, -0.05) is 48.5 Å². The van der Waals surface area contributed by atoms with Gasteiger partial charge in [0.2, 0.25) is 0 Å². The number of methoxy groups -OCH3 is 2. The van der Waals surface area contributed by atoms with E-state index in [9.17, 15) is 5.26 Å². The second-order valence-electron chi connectivity index (χ2n) is 8.81. The molecule has 0 aliphatic carbocycles. The number of hydrogen-bond donors (Lipinski definition) is 0. The lowest BCUT2D eigenvalue weighted by atomic mass is 9.71. The van der Waals surface area contributed by atoms with Gasteiger partial charge >= 0.3 is 0 Å². The fourth-order valence-electron chi connectivity index (χ4n) is 4.84. The van der Waals surface area contributed by atoms with Gasteiger partial charge in [0, 0.05) is 17.2 Å². The first-order valence-corrected chi connectivity index (χ1v) is 12.7. The molecule has 0 saturated carbocycles. The van der Waals surface area contributed by atoms with Crippen LogP contribution in [0.15, 0.2) is 71.6 Å². The second-order valence-corrected chi connectivity index (χ2v) is 9.82. The summed E-state index contributed by atoms with van der Waals surface area (Å²) in [7, 11) is 5.48. The summed E-state index contributed by atoms with van der Waals surface area (Å²) < 4.78 is 10.8. The highest BCUT2D eigenvalue weighted by Gasteiger charge is 2.39. The first kappa shape index (κ1) is 24.2. The number of thioether (sulfide) groups is 1. The van der Waals surface area contributed by atoms with E-state index in [0.717, 1.165) is 55.2 Å². The highest BCUT2D eigenvalue weighted by atomic mass is 32.2. The molecule has 0 radical (unpaired) electrons. The van der Waals surface area contributed by atoms with Crippen LogP contribution in [-0.4, -0.2) is 39.3 Å². The summed E-state index contributed by atoms with van der Waals surface area (Å²) in [6, 6.07) is 25.8. The van der Waals surface area contributed by atoms with Crippen molar-refractivity contribution in [3.8, 4) is 17.6 Å². The van der Waals surface area contributed by atoms with Crippen molar-refractivity contribution >= 4 is 11.8 Å². The van der Waals surface area contributed by atoms with Crippen molar-refractivity contribution in [3.05, 3.63) is 89.0 Å². The molecular formula is C29H32N2O2S. The van der Waals surface area contributed by atoms with E-state index < -0.39 is 5.41 Å². The zero-order valence-electron chi connectivity index (χ0n) is 20.2. The van der Waals surface area contributed by atoms with Gasteiger partial charge in [-0.3, -0.25) is 0 Å². The van der Waals surface area contributed by atoms with E-state index in [4.69, 9.17) is 9.47 Å². The Kier molecular flexibility index (Phi) is 7.82. The number of nitriles is 1. The molecule has 176 valence electrons. The summed E-state index contributed by atoms with van der Waals surface area (Å²) in [5.74, 6) is 2.42. The maximum absolute atomic E-state index is 10.6. The molecule has 1 aliphatic rings. The Labute approximate surface area is 207 Å². The Morgan fingerprint density at radius 3 is 2.44 bits per heavy atom. The summed E-state index contributed by atoms with van der Waals surface area (Å²) in [5.41, 5.74) is 4.21. The van der Waals surface area contributed by atoms with E-state index >= 15 is 0 Å². The van der Waals surface area contributed by atoms with Gasteiger partial charge in [-0.05, 0) is 73.3 Å². The number of rotatable bonds is 9. The minimum atomic E-state index is -0.610. The normalized spacial score (nSPS) is 16.8. The lowest BCUT2D eigenvalue weighted by Crippen LogP contribution is -2.30. The molecule has 1 aliphatic heterocycles. The standard InChI is InChI=1S/C29H32N2O2S/c1-31(18-15-22-13-14-26(32-2)27(19-22)33-3)17-8-16-29(21-30)24-10-5-4-9-23(24)20-34-28-12-7-6-11-25(28)29/h4-7,9-14,19H,8,15-18,20H2,1-3H3/t29-/m1/s1. The predicted molar refractivity (Wildman–Crippen MR) is 139 cm³/mol. The largest absolute Gasteiger partial charge is 0.493 e. The molecule has 4 nitrogen and oxygen atoms in total. The van der Waals surface area contributed by atoms with Crippen molar-refractivity contribution in [2.24, 2.45) is 0 Å². The summed E-state index contributed by atoms with van der Waals surface area (Å²) in [5, 5.41) is 10.6. The average Bonchev–Trinajstić information content (AvgIpc) is 3.02. The van der Waals surface area contributed by atoms with Crippen molar-refractivity contribution in [1.29, 1.82) is 5.26 Å². The fraction of sp³-hybridized carbons (Fsp3) is 0.345. The average molecular weight is 473 g/mol. The molecule has 5 heteroatoms. The zero-order valence-corrected chi connectivity index (χ0v) is 21.0. The van der Waals surface area contributed by atoms with Crippen LogP contribution in [0.5, 0.6) is 11.5 Å². The van der Waals surface area contributed by atoms with Crippen molar-refractivity contribution in [1.82, 2.24) is 4.90 Å². The van der Waals surface area contributed by atoms with Gasteiger partial charge < -0.3 is 14.4 Å². The first-order chi connectivity index (χ1) is 16.6. The van der Waals surface area contributed by atoms with E-state index in [1.54, 1.807) is 14.2 Å². The third-order valence-electron chi connectivity index (χ3n) is 6.72. The van der Waals surface area contributed by atoms with Crippen LogP contribution in [0.25, 0.3) is 0 Å². The van der Waals surface area contributed by atoms with E-state index in [-0.39, 0.29) is 0 Å². The summed E-state index contributed by atoms with van der Waals surface area (Å²) in [6.07, 6.45) is 2.69. The fourth-order valence-corrected chi connectivity index (χ4v) is 5.97. The smallest absolute Gasteiger partial charge is 0.160 e. The van der Waals surface area contributed by atoms with E-state index in [1.807, 2.05) is 17.8 Å². The van der Waals surface area contributed by atoms with Crippen molar-refractivity contribution in [3.63, 3.8) is 0 Å². The Balaban J connectivity index is 1.45. The van der Waals surface area contributed by atoms with Crippen molar-refractivity contribution in [2.75, 3.05) is 34.4 Å². The molecule has 1 heterocycles. The van der Waals surface area contributed by atoms with Crippen molar-refractivity contribution < 1.29 is 9.47 Å². The Morgan fingerprint density at radius 2 is 1.68 bits per heavy atom. The van der Waals surface area contributed by atoms with Crippen LogP contribution in [0.3, 0.4) is 0 Å². The lowest BCUT2D eigenvalue weighted by molar-refractivity contribution is 0.320. The van der Waals surface area contributed by atoms with Gasteiger partial charge in [0.15, 0.2) is 11.5 Å². The van der Waals surface area contributed by atoms with Crippen molar-refractivity contribution in [2.45, 2.75) is 35.3 Å². The third-order valence-corrected chi connectivity index (χ3v) is 7.84. The molecule has 0 fully saturated rings. The number of likely N-dealkylation sites (N-methyl/N-ethyl adjacent to an activating group) is 1. The van der Waals surface area contributed by atoms with Crippen LogP contribution >= 0.6 is 11.8 Å². The van der Waals surface area contributed by atoms with E-state index in [0.29, 0.717) is 0 Å². The molecule has 4 rings (SSSR count). The quantitative estimate of drug-likeness (QED) is 0.378. The molecule has 0 bridgehead atoms. The monoisotopic (exact) mass is 472 g/mol. The summed E-state index contributed by atoms with van der Waals surface area (Å²) >= 11 is 1.84. The van der Waals surface area contributed by atoms with Crippen LogP contribution in [0.1, 0.15) is 35.1 Å². The van der Waals surface area contributed by atoms with Crippen LogP contribution in [0.4, 0.5) is 0 Å². The number of fused-ring (bicyclic) bond motifs is 2. The van der Waals surface area contributed by atoms with Crippen LogP contribution in [0, 0.1) is 11.3 Å². The van der Waals surface area contributed by atoms with E-state index in [1.165, 1.54) is 21.6 Å². The van der Waals surface area contributed by atoms with Crippen LogP contribution < -0.4 is 9.47 Å². The Bertz CT molecular complexity index is 1120. The number of hydrogen-bond acceptors (Lipinski definition) is 5. The predicted octanol–water partition coefficient (Wildman–Crippen LogP) is 6.07. The highest BCUT2D eigenvalue weighted by Crippen LogP contribution is 2.46. The molecule has 0 N–H and O–H groups in total. The zero-order chi connectivity index (χ0) is 24.0. The van der Waals surface area contributed by atoms with Gasteiger partial charge in [0.1, 0.15) is 5.41 Å². The molecule has 34 heavy (non-hydrogen) atoms. The maximum Gasteiger partial charge on any atom is 0.160 e. The van der Waals surface area contributed by atoms with E-state index in [2.05, 4.69) is 78.7 Å². The minimum Gasteiger partial charge on any atom is -0.493 e. The molecule has 3 aromatic carbocycles. The Hall–Kier alpha value is -2.94. The summed E-state index contributed by atoms with van der Waals surface area (Å²) in [6.45, 7) is 1.88. The van der Waals surface area contributed by atoms with Crippen LogP contribution in [0.2, 0.25) is 0 Å². The minimum absolute atomic E-state index is 0.610. The van der Waals surface area contributed by atoms with Crippen LogP contribution in [-0.2, 0) is 17.6 Å². The van der Waals surface area contributed by atoms with Gasteiger partial charge in [0.25, 0.3) is 0 Å². The van der Waals surface area contributed by atoms with Gasteiger partial charge in [-0.25, -0.2) is 0 Å².